The molecule has 3 heteroatoms. The van der Waals surface area contributed by atoms with Gasteiger partial charge in [0.15, 0.2) is 0 Å². The van der Waals surface area contributed by atoms with Gasteiger partial charge in [-0.15, -0.1) is 0 Å². The van der Waals surface area contributed by atoms with E-state index in [1.165, 1.54) is 5.56 Å². The summed E-state index contributed by atoms with van der Waals surface area (Å²) in [7, 11) is 0. The van der Waals surface area contributed by atoms with Gasteiger partial charge in [0.25, 0.3) is 0 Å². The van der Waals surface area contributed by atoms with Crippen molar-refractivity contribution in [2.24, 2.45) is 0 Å². The van der Waals surface area contributed by atoms with Gasteiger partial charge in [0.05, 0.1) is 6.54 Å². The lowest BCUT2D eigenvalue weighted by atomic mass is 10.1. The zero-order chi connectivity index (χ0) is 13.4. The fourth-order valence-corrected chi connectivity index (χ4v) is 1.74. The Morgan fingerprint density at radius 3 is 2.78 bits per heavy atom. The zero-order valence-corrected chi connectivity index (χ0v) is 11.6. The summed E-state index contributed by atoms with van der Waals surface area (Å²) in [4.78, 5) is 11.4. The lowest BCUT2D eigenvalue weighted by molar-refractivity contribution is -0.121. The van der Waals surface area contributed by atoms with E-state index in [0.717, 1.165) is 24.2 Å². The number of rotatable bonds is 7. The van der Waals surface area contributed by atoms with Crippen molar-refractivity contribution in [3.63, 3.8) is 0 Å². The molecule has 1 amide bonds. The van der Waals surface area contributed by atoms with Crippen LogP contribution in [0.4, 0.5) is 0 Å². The van der Waals surface area contributed by atoms with Gasteiger partial charge in [0.1, 0.15) is 12.4 Å². The molecule has 1 rings (SSSR count). The van der Waals surface area contributed by atoms with E-state index in [9.17, 15) is 4.79 Å². The van der Waals surface area contributed by atoms with Gasteiger partial charge in [0, 0.05) is 6.42 Å². The van der Waals surface area contributed by atoms with Gasteiger partial charge in [-0.05, 0) is 31.9 Å². The number of unbranched alkanes of at least 4 members (excludes halogenated alkanes) is 1. The molecule has 0 aliphatic rings. The van der Waals surface area contributed by atoms with E-state index in [2.05, 4.69) is 25.2 Å². The summed E-state index contributed by atoms with van der Waals surface area (Å²) in [5, 5.41) is 2.85. The highest BCUT2D eigenvalue weighted by atomic mass is 16.5. The second-order valence-corrected chi connectivity index (χ2v) is 4.57. The molecule has 1 aromatic carbocycles. The summed E-state index contributed by atoms with van der Waals surface area (Å²) in [6.07, 6.45) is 2.61. The second-order valence-electron chi connectivity index (χ2n) is 4.57. The van der Waals surface area contributed by atoms with Crippen molar-refractivity contribution in [1.82, 2.24) is 5.32 Å². The van der Waals surface area contributed by atoms with E-state index >= 15 is 0 Å². The predicted molar refractivity (Wildman–Crippen MR) is 73.9 cm³/mol. The number of aryl methyl sites for hydroxylation is 2. The summed E-state index contributed by atoms with van der Waals surface area (Å²) in [5.74, 6) is 1.00. The Kier molecular flexibility index (Phi) is 6.26. The number of hydrogen-bond donors (Lipinski definition) is 1. The molecule has 0 heterocycles. The number of carbonyl (C=O) groups excluding carboxylic acids is 1. The minimum atomic E-state index is 0.112. The SMILES string of the molecule is CCCCC(=O)NCCOc1ccc(C)cc1C. The molecule has 0 fully saturated rings. The van der Waals surface area contributed by atoms with E-state index in [4.69, 9.17) is 4.74 Å². The fourth-order valence-electron chi connectivity index (χ4n) is 1.74. The van der Waals surface area contributed by atoms with E-state index in [1.807, 2.05) is 19.1 Å². The first kappa shape index (κ1) is 14.6. The molecule has 0 aliphatic heterocycles. The van der Waals surface area contributed by atoms with Crippen LogP contribution in [0.15, 0.2) is 18.2 Å². The zero-order valence-electron chi connectivity index (χ0n) is 11.6. The van der Waals surface area contributed by atoms with Crippen molar-refractivity contribution in [3.8, 4) is 5.75 Å². The maximum absolute atomic E-state index is 11.4. The van der Waals surface area contributed by atoms with Crippen molar-refractivity contribution >= 4 is 5.91 Å². The Labute approximate surface area is 110 Å². The molecule has 0 saturated carbocycles. The summed E-state index contributed by atoms with van der Waals surface area (Å²) < 4.78 is 5.63. The summed E-state index contributed by atoms with van der Waals surface area (Å²) >= 11 is 0. The van der Waals surface area contributed by atoms with Crippen LogP contribution in [0.2, 0.25) is 0 Å². The quantitative estimate of drug-likeness (QED) is 0.754. The molecule has 3 nitrogen and oxygen atoms in total. The molecule has 1 aromatic rings. The lowest BCUT2D eigenvalue weighted by Gasteiger charge is -2.10. The molecule has 0 saturated heterocycles. The smallest absolute Gasteiger partial charge is 0.220 e. The maximum Gasteiger partial charge on any atom is 0.220 e. The first-order chi connectivity index (χ1) is 8.63. The first-order valence-corrected chi connectivity index (χ1v) is 6.60. The van der Waals surface area contributed by atoms with E-state index < -0.39 is 0 Å². The van der Waals surface area contributed by atoms with Gasteiger partial charge in [0.2, 0.25) is 5.91 Å². The molecule has 0 unspecified atom stereocenters. The van der Waals surface area contributed by atoms with Crippen LogP contribution in [-0.4, -0.2) is 19.1 Å². The molecule has 0 aliphatic carbocycles. The van der Waals surface area contributed by atoms with Gasteiger partial charge in [-0.25, -0.2) is 0 Å². The van der Waals surface area contributed by atoms with E-state index in [-0.39, 0.29) is 5.91 Å². The first-order valence-electron chi connectivity index (χ1n) is 6.60. The second kappa shape index (κ2) is 7.75. The Morgan fingerprint density at radius 1 is 1.33 bits per heavy atom. The normalized spacial score (nSPS) is 10.2. The summed E-state index contributed by atoms with van der Waals surface area (Å²) in [6.45, 7) is 7.25. The highest BCUT2D eigenvalue weighted by molar-refractivity contribution is 5.75. The fraction of sp³-hybridized carbons (Fsp3) is 0.533. The number of carbonyl (C=O) groups is 1. The highest BCUT2D eigenvalue weighted by Gasteiger charge is 2.01. The number of nitrogens with one attached hydrogen (secondary N) is 1. The van der Waals surface area contributed by atoms with Gasteiger partial charge in [-0.3, -0.25) is 4.79 Å². The lowest BCUT2D eigenvalue weighted by Crippen LogP contribution is -2.27. The average molecular weight is 249 g/mol. The van der Waals surface area contributed by atoms with Crippen LogP contribution in [0.1, 0.15) is 37.3 Å². The van der Waals surface area contributed by atoms with E-state index in [0.29, 0.717) is 19.6 Å². The minimum Gasteiger partial charge on any atom is -0.491 e. The molecule has 0 spiro atoms. The summed E-state index contributed by atoms with van der Waals surface area (Å²) in [6, 6.07) is 6.10. The van der Waals surface area contributed by atoms with Gasteiger partial charge in [-0.1, -0.05) is 31.0 Å². The molecule has 0 bridgehead atoms. The number of benzene rings is 1. The maximum atomic E-state index is 11.4. The van der Waals surface area contributed by atoms with E-state index in [1.54, 1.807) is 0 Å². The van der Waals surface area contributed by atoms with Crippen LogP contribution in [-0.2, 0) is 4.79 Å². The largest absolute Gasteiger partial charge is 0.491 e. The molecular weight excluding hydrogens is 226 g/mol. The predicted octanol–water partition coefficient (Wildman–Crippen LogP) is 2.99. The standard InChI is InChI=1S/C15H23NO2/c1-4-5-6-15(17)16-9-10-18-14-8-7-12(2)11-13(14)3/h7-8,11H,4-6,9-10H2,1-3H3,(H,16,17). The van der Waals surface area contributed by atoms with Crippen LogP contribution in [0, 0.1) is 13.8 Å². The van der Waals surface area contributed by atoms with Crippen LogP contribution in [0.3, 0.4) is 0 Å². The van der Waals surface area contributed by atoms with Crippen LogP contribution < -0.4 is 10.1 Å². The molecule has 18 heavy (non-hydrogen) atoms. The molecular formula is C15H23NO2. The third-order valence-electron chi connectivity index (χ3n) is 2.77. The number of hydrogen-bond acceptors (Lipinski definition) is 2. The van der Waals surface area contributed by atoms with Crippen LogP contribution >= 0.6 is 0 Å². The minimum absolute atomic E-state index is 0.112. The molecule has 100 valence electrons. The van der Waals surface area contributed by atoms with Gasteiger partial charge >= 0.3 is 0 Å². The average Bonchev–Trinajstić information content (AvgIpc) is 2.34. The Bertz CT molecular complexity index is 388. The van der Waals surface area contributed by atoms with Crippen molar-refractivity contribution < 1.29 is 9.53 Å². The Balaban J connectivity index is 2.23. The Hall–Kier alpha value is -1.51. The third-order valence-corrected chi connectivity index (χ3v) is 2.77. The van der Waals surface area contributed by atoms with Crippen molar-refractivity contribution in [1.29, 1.82) is 0 Å². The molecule has 0 atom stereocenters. The van der Waals surface area contributed by atoms with Crippen molar-refractivity contribution in [2.75, 3.05) is 13.2 Å². The topological polar surface area (TPSA) is 38.3 Å². The number of amides is 1. The van der Waals surface area contributed by atoms with Crippen molar-refractivity contribution in [3.05, 3.63) is 29.3 Å². The molecule has 0 aromatic heterocycles. The highest BCUT2D eigenvalue weighted by Crippen LogP contribution is 2.18. The van der Waals surface area contributed by atoms with Crippen molar-refractivity contribution in [2.45, 2.75) is 40.0 Å². The summed E-state index contributed by atoms with van der Waals surface area (Å²) in [5.41, 5.74) is 2.36. The monoisotopic (exact) mass is 249 g/mol. The third kappa shape index (κ3) is 5.21. The molecule has 0 radical (unpaired) electrons. The Morgan fingerprint density at radius 2 is 2.11 bits per heavy atom. The van der Waals surface area contributed by atoms with Crippen LogP contribution in [0.25, 0.3) is 0 Å². The number of ether oxygens (including phenoxy) is 1. The van der Waals surface area contributed by atoms with Gasteiger partial charge < -0.3 is 10.1 Å². The van der Waals surface area contributed by atoms with Gasteiger partial charge in [-0.2, -0.15) is 0 Å². The van der Waals surface area contributed by atoms with Crippen LogP contribution in [0.5, 0.6) is 5.75 Å². The molecule has 1 N–H and O–H groups in total.